The maximum absolute atomic E-state index is 13.9. The number of nitrogens with one attached hydrogen (secondary N) is 2. The van der Waals surface area contributed by atoms with E-state index in [0.29, 0.717) is 6.07 Å². The number of carboxylic acid groups (broad SMARTS) is 1. The van der Waals surface area contributed by atoms with E-state index in [1.165, 1.54) is 13.8 Å². The molecule has 0 saturated carbocycles. The summed E-state index contributed by atoms with van der Waals surface area (Å²) in [4.78, 5) is 9.91. The zero-order valence-corrected chi connectivity index (χ0v) is 14.0. The molecule has 130 valence electrons. The summed E-state index contributed by atoms with van der Waals surface area (Å²) < 4.78 is 65.0. The number of hydrogen-bond acceptors (Lipinski definition) is 5. The molecule has 0 aliphatic heterocycles. The summed E-state index contributed by atoms with van der Waals surface area (Å²) in [6.07, 6.45) is -0.423. The van der Waals surface area contributed by atoms with Gasteiger partial charge in [0.15, 0.2) is 0 Å². The van der Waals surface area contributed by atoms with E-state index < -0.39 is 48.4 Å². The molecule has 0 aromatic heterocycles. The van der Waals surface area contributed by atoms with Crippen molar-refractivity contribution in [2.75, 3.05) is 11.3 Å². The summed E-state index contributed by atoms with van der Waals surface area (Å²) in [5.41, 5.74) is -0.372. The summed E-state index contributed by atoms with van der Waals surface area (Å²) >= 11 is 0. The topological polar surface area (TPSA) is 130 Å². The van der Waals surface area contributed by atoms with Gasteiger partial charge in [0.1, 0.15) is 5.82 Å². The number of anilines is 1. The van der Waals surface area contributed by atoms with Crippen LogP contribution in [0.3, 0.4) is 0 Å². The minimum absolute atomic E-state index is 0.346. The summed E-state index contributed by atoms with van der Waals surface area (Å²) in [5.74, 6) is -2.24. The van der Waals surface area contributed by atoms with Gasteiger partial charge in [-0.15, -0.1) is 0 Å². The zero-order chi connectivity index (χ0) is 17.8. The molecule has 8 nitrogen and oxygen atoms in total. The lowest BCUT2D eigenvalue weighted by atomic mass is 10.3. The molecule has 0 bridgehead atoms. The molecule has 0 aliphatic carbocycles. The summed E-state index contributed by atoms with van der Waals surface area (Å²) in [6, 6.07) is 2.66. The third-order valence-corrected chi connectivity index (χ3v) is 5.96. The first-order chi connectivity index (χ1) is 10.5. The number of halogens is 1. The first kappa shape index (κ1) is 19.3. The molecule has 1 rings (SSSR count). The van der Waals surface area contributed by atoms with Gasteiger partial charge in [-0.1, -0.05) is 0 Å². The van der Waals surface area contributed by atoms with Crippen molar-refractivity contribution >= 4 is 31.7 Å². The van der Waals surface area contributed by atoms with E-state index >= 15 is 0 Å². The lowest BCUT2D eigenvalue weighted by Crippen LogP contribution is -2.26. The van der Waals surface area contributed by atoms with Crippen LogP contribution in [0.5, 0.6) is 0 Å². The van der Waals surface area contributed by atoms with Crippen LogP contribution < -0.4 is 9.44 Å². The molecule has 0 heterocycles. The predicted molar refractivity (Wildman–Crippen MR) is 81.5 cm³/mol. The van der Waals surface area contributed by atoms with Crippen LogP contribution >= 0.6 is 0 Å². The lowest BCUT2D eigenvalue weighted by Gasteiger charge is -2.12. The highest BCUT2D eigenvalue weighted by molar-refractivity contribution is 7.93. The highest BCUT2D eigenvalue weighted by atomic mass is 32.2. The average Bonchev–Trinajstić information content (AvgIpc) is 2.39. The van der Waals surface area contributed by atoms with E-state index in [-0.39, 0.29) is 12.2 Å². The van der Waals surface area contributed by atoms with E-state index in [9.17, 15) is 26.0 Å². The first-order valence-corrected chi connectivity index (χ1v) is 9.51. The Hall–Kier alpha value is -1.72. The van der Waals surface area contributed by atoms with Gasteiger partial charge >= 0.3 is 5.97 Å². The number of hydrogen-bond donors (Lipinski definition) is 3. The Kier molecular flexibility index (Phi) is 6.08. The van der Waals surface area contributed by atoms with Gasteiger partial charge in [0.05, 0.1) is 22.3 Å². The molecule has 0 fully saturated rings. The number of carbonyl (C=O) groups is 1. The molecule has 0 aliphatic rings. The molecular weight excluding hydrogens is 351 g/mol. The van der Waals surface area contributed by atoms with Gasteiger partial charge in [-0.3, -0.25) is 9.52 Å². The predicted octanol–water partition coefficient (Wildman–Crippen LogP) is 0.729. The fourth-order valence-electron chi connectivity index (χ4n) is 1.39. The highest BCUT2D eigenvalue weighted by Gasteiger charge is 2.20. The van der Waals surface area contributed by atoms with Crippen molar-refractivity contribution < 1.29 is 31.1 Å². The van der Waals surface area contributed by atoms with Crippen molar-refractivity contribution in [1.82, 2.24) is 4.72 Å². The zero-order valence-electron chi connectivity index (χ0n) is 12.4. The SMILES string of the molecule is CC(C)S(=O)(=O)Nc1ccc(S(=O)(=O)NCCC(=O)O)cc1F. The van der Waals surface area contributed by atoms with Gasteiger partial charge in [-0.2, -0.15) is 0 Å². The summed E-state index contributed by atoms with van der Waals surface area (Å²) in [7, 11) is -7.85. The third kappa shape index (κ3) is 5.44. The molecule has 1 aromatic rings. The second kappa shape index (κ2) is 7.23. The molecule has 11 heteroatoms. The van der Waals surface area contributed by atoms with Crippen LogP contribution in [-0.4, -0.2) is 39.7 Å². The third-order valence-electron chi connectivity index (χ3n) is 2.75. The van der Waals surface area contributed by atoms with E-state index in [1.807, 2.05) is 9.44 Å². The number of benzene rings is 1. The Labute approximate surface area is 133 Å². The second-order valence-electron chi connectivity index (χ2n) is 4.88. The molecule has 0 saturated heterocycles. The Morgan fingerprint density at radius 3 is 2.35 bits per heavy atom. The average molecular weight is 368 g/mol. The van der Waals surface area contributed by atoms with E-state index in [0.717, 1.165) is 12.1 Å². The van der Waals surface area contributed by atoms with Gasteiger partial charge in [0, 0.05) is 6.54 Å². The van der Waals surface area contributed by atoms with Crippen molar-refractivity contribution in [3.63, 3.8) is 0 Å². The van der Waals surface area contributed by atoms with Crippen LogP contribution in [0.1, 0.15) is 20.3 Å². The summed E-state index contributed by atoms with van der Waals surface area (Å²) in [5, 5.41) is 7.67. The monoisotopic (exact) mass is 368 g/mol. The van der Waals surface area contributed by atoms with Crippen molar-refractivity contribution in [3.8, 4) is 0 Å². The van der Waals surface area contributed by atoms with Crippen molar-refractivity contribution in [2.45, 2.75) is 30.4 Å². The van der Waals surface area contributed by atoms with Gasteiger partial charge in [0.2, 0.25) is 20.0 Å². The fraction of sp³-hybridized carbons (Fsp3) is 0.417. The minimum atomic E-state index is -4.09. The molecule has 0 radical (unpaired) electrons. The van der Waals surface area contributed by atoms with Crippen LogP contribution in [0, 0.1) is 5.82 Å². The largest absolute Gasteiger partial charge is 0.481 e. The molecule has 0 amide bonds. The van der Waals surface area contributed by atoms with Crippen LogP contribution in [0.4, 0.5) is 10.1 Å². The highest BCUT2D eigenvalue weighted by Crippen LogP contribution is 2.21. The van der Waals surface area contributed by atoms with Gasteiger partial charge in [0.25, 0.3) is 0 Å². The van der Waals surface area contributed by atoms with Crippen LogP contribution in [-0.2, 0) is 24.8 Å². The second-order valence-corrected chi connectivity index (χ2v) is 8.88. The van der Waals surface area contributed by atoms with Gasteiger partial charge in [-0.25, -0.2) is 25.9 Å². The summed E-state index contributed by atoms with van der Waals surface area (Å²) in [6.45, 7) is 2.47. The van der Waals surface area contributed by atoms with Gasteiger partial charge < -0.3 is 5.11 Å². The number of carboxylic acids is 1. The smallest absolute Gasteiger partial charge is 0.304 e. The Morgan fingerprint density at radius 2 is 1.87 bits per heavy atom. The Balaban J connectivity index is 2.97. The lowest BCUT2D eigenvalue weighted by molar-refractivity contribution is -0.136. The van der Waals surface area contributed by atoms with Crippen LogP contribution in [0.15, 0.2) is 23.1 Å². The quantitative estimate of drug-likeness (QED) is 0.620. The maximum Gasteiger partial charge on any atom is 0.304 e. The fourth-order valence-corrected chi connectivity index (χ4v) is 3.14. The standard InChI is InChI=1S/C12H17FN2O6S2/c1-8(2)22(18,19)15-11-4-3-9(7-10(11)13)23(20,21)14-6-5-12(16)17/h3-4,7-8,14-15H,5-6H2,1-2H3,(H,16,17). The van der Waals surface area contributed by atoms with E-state index in [1.54, 1.807) is 0 Å². The maximum atomic E-state index is 13.9. The van der Waals surface area contributed by atoms with Crippen LogP contribution in [0.2, 0.25) is 0 Å². The molecule has 0 unspecified atom stereocenters. The number of rotatable bonds is 8. The Morgan fingerprint density at radius 1 is 1.26 bits per heavy atom. The Bertz CT molecular complexity index is 790. The van der Waals surface area contributed by atoms with Crippen molar-refractivity contribution in [3.05, 3.63) is 24.0 Å². The molecule has 0 spiro atoms. The van der Waals surface area contributed by atoms with Crippen molar-refractivity contribution in [1.29, 1.82) is 0 Å². The molecular formula is C12H17FN2O6S2. The molecule has 23 heavy (non-hydrogen) atoms. The first-order valence-electron chi connectivity index (χ1n) is 6.48. The number of sulfonamides is 2. The van der Waals surface area contributed by atoms with E-state index in [2.05, 4.69) is 0 Å². The molecule has 0 atom stereocenters. The normalized spacial score (nSPS) is 12.3. The van der Waals surface area contributed by atoms with Crippen LogP contribution in [0.25, 0.3) is 0 Å². The van der Waals surface area contributed by atoms with Crippen molar-refractivity contribution in [2.24, 2.45) is 0 Å². The van der Waals surface area contributed by atoms with E-state index in [4.69, 9.17) is 5.11 Å². The number of aliphatic carboxylic acids is 1. The molecule has 3 N–H and O–H groups in total. The van der Waals surface area contributed by atoms with Gasteiger partial charge in [-0.05, 0) is 32.0 Å². The molecule has 1 aromatic carbocycles. The minimum Gasteiger partial charge on any atom is -0.481 e.